The number of anilines is 1. The van der Waals surface area contributed by atoms with Crippen LogP contribution in [0.4, 0.5) is 27.6 Å². The molecule has 1 aromatic heterocycles. The van der Waals surface area contributed by atoms with E-state index in [2.05, 4.69) is 15.1 Å². The highest BCUT2D eigenvalue weighted by Crippen LogP contribution is 2.55. The van der Waals surface area contributed by atoms with E-state index in [0.717, 1.165) is 13.1 Å². The summed E-state index contributed by atoms with van der Waals surface area (Å²) in [5.74, 6) is -2.53. The van der Waals surface area contributed by atoms with Gasteiger partial charge < -0.3 is 19.5 Å². The highest BCUT2D eigenvalue weighted by molar-refractivity contribution is 6.10. The van der Waals surface area contributed by atoms with Gasteiger partial charge >= 0.3 is 6.18 Å². The van der Waals surface area contributed by atoms with Crippen molar-refractivity contribution in [3.05, 3.63) is 76.4 Å². The average molecular weight is 592 g/mol. The second kappa shape index (κ2) is 10.8. The monoisotopic (exact) mass is 591 g/mol. The standard InChI is InChI=1S/C28H28F5N5O.CH2O2/c1-36-11-18(12-36)6-17-7-21-22(23(8-17)28(31,32)33)13-38(25(21)39)20-5-3-4-19(9-20)26(14-27(29,30)15-26)10-24-35-34-16-37(24)2;2-1-3/h3-5,7-9,16,18H,6,10-15H2,1-2H3;1H,(H,2,3). The lowest BCUT2D eigenvalue weighted by atomic mass is 9.60. The summed E-state index contributed by atoms with van der Waals surface area (Å²) in [6.45, 7) is 1.13. The summed E-state index contributed by atoms with van der Waals surface area (Å²) in [5.41, 5.74) is -0.205. The molecule has 1 N–H and O–H groups in total. The predicted octanol–water partition coefficient (Wildman–Crippen LogP) is 4.71. The van der Waals surface area contributed by atoms with Gasteiger partial charge in [-0.25, -0.2) is 8.78 Å². The molecule has 3 aliphatic rings. The van der Waals surface area contributed by atoms with E-state index in [4.69, 9.17) is 9.90 Å². The number of benzene rings is 2. The maximum Gasteiger partial charge on any atom is 0.416 e. The van der Waals surface area contributed by atoms with Gasteiger partial charge in [-0.2, -0.15) is 13.2 Å². The molecule has 3 aromatic rings. The molecule has 0 bridgehead atoms. The van der Waals surface area contributed by atoms with Crippen LogP contribution in [-0.2, 0) is 42.8 Å². The first-order chi connectivity index (χ1) is 19.7. The normalized spacial score (nSPS) is 19.4. The van der Waals surface area contributed by atoms with Crippen LogP contribution < -0.4 is 4.90 Å². The number of carboxylic acid groups (broad SMARTS) is 1. The van der Waals surface area contributed by atoms with Crippen LogP contribution in [0.15, 0.2) is 42.7 Å². The average Bonchev–Trinajstić information content (AvgIpc) is 3.43. The number of nitrogens with zero attached hydrogens (tertiary/aromatic N) is 5. The molecule has 0 atom stereocenters. The topological polar surface area (TPSA) is 91.6 Å². The minimum absolute atomic E-state index is 0.0450. The Morgan fingerprint density at radius 3 is 2.38 bits per heavy atom. The number of alkyl halides is 5. The smallest absolute Gasteiger partial charge is 0.416 e. The fraction of sp³-hybridized carbons (Fsp3) is 0.448. The number of fused-ring (bicyclic) bond motifs is 1. The molecule has 3 heterocycles. The molecule has 0 radical (unpaired) electrons. The molecule has 1 saturated heterocycles. The molecule has 1 amide bonds. The van der Waals surface area contributed by atoms with Gasteiger partial charge in [-0.05, 0) is 60.3 Å². The van der Waals surface area contributed by atoms with Gasteiger partial charge in [-0.15, -0.1) is 10.2 Å². The summed E-state index contributed by atoms with van der Waals surface area (Å²) in [4.78, 5) is 25.3. The first-order valence-electron chi connectivity index (χ1n) is 13.4. The second-order valence-electron chi connectivity index (χ2n) is 11.5. The lowest BCUT2D eigenvalue weighted by molar-refractivity contribution is -0.138. The Hall–Kier alpha value is -3.87. The first kappa shape index (κ1) is 29.6. The van der Waals surface area contributed by atoms with Crippen molar-refractivity contribution in [2.24, 2.45) is 13.0 Å². The number of likely N-dealkylation sites (tertiary alicyclic amines) is 1. The number of rotatable bonds is 6. The summed E-state index contributed by atoms with van der Waals surface area (Å²) >= 11 is 0. The van der Waals surface area contributed by atoms with Crippen LogP contribution in [0.5, 0.6) is 0 Å². The van der Waals surface area contributed by atoms with E-state index in [-0.39, 0.29) is 49.3 Å². The van der Waals surface area contributed by atoms with E-state index in [1.807, 2.05) is 7.05 Å². The molecule has 224 valence electrons. The Balaban J connectivity index is 0.00000113. The minimum atomic E-state index is -4.60. The van der Waals surface area contributed by atoms with Crippen molar-refractivity contribution in [1.82, 2.24) is 19.7 Å². The van der Waals surface area contributed by atoms with Crippen LogP contribution in [0.25, 0.3) is 0 Å². The number of carbonyl (C=O) groups is 2. The minimum Gasteiger partial charge on any atom is -0.483 e. The van der Waals surface area contributed by atoms with E-state index in [0.29, 0.717) is 29.1 Å². The summed E-state index contributed by atoms with van der Waals surface area (Å²) in [6.07, 6.45) is -3.17. The Bertz CT molecular complexity index is 1490. The Kier molecular flexibility index (Phi) is 7.58. The maximum atomic E-state index is 14.2. The van der Waals surface area contributed by atoms with Crippen molar-refractivity contribution in [3.8, 4) is 0 Å². The van der Waals surface area contributed by atoms with Crippen LogP contribution in [0.3, 0.4) is 0 Å². The molecule has 0 spiro atoms. The molecule has 8 nitrogen and oxygen atoms in total. The second-order valence-corrected chi connectivity index (χ2v) is 11.5. The van der Waals surface area contributed by atoms with Gasteiger partial charge in [0.25, 0.3) is 12.4 Å². The number of aromatic nitrogens is 3. The van der Waals surface area contributed by atoms with Crippen molar-refractivity contribution in [3.63, 3.8) is 0 Å². The van der Waals surface area contributed by atoms with Crippen LogP contribution in [-0.4, -0.2) is 63.2 Å². The van der Waals surface area contributed by atoms with Gasteiger partial charge in [0.2, 0.25) is 5.92 Å². The molecule has 0 unspecified atom stereocenters. The van der Waals surface area contributed by atoms with Crippen molar-refractivity contribution in [2.75, 3.05) is 25.0 Å². The van der Waals surface area contributed by atoms with E-state index >= 15 is 0 Å². The zero-order valence-electron chi connectivity index (χ0n) is 23.0. The first-order valence-corrected chi connectivity index (χ1v) is 13.4. The van der Waals surface area contributed by atoms with Crippen LogP contribution in [0.2, 0.25) is 0 Å². The third-order valence-electron chi connectivity index (χ3n) is 8.34. The molecular formula is C29H30F5N5O3. The molecule has 2 fully saturated rings. The third-order valence-corrected chi connectivity index (χ3v) is 8.34. The van der Waals surface area contributed by atoms with Gasteiger partial charge in [0, 0.05) is 56.1 Å². The largest absolute Gasteiger partial charge is 0.483 e. The number of amides is 1. The zero-order valence-corrected chi connectivity index (χ0v) is 23.0. The summed E-state index contributed by atoms with van der Waals surface area (Å²) in [7, 11) is 3.70. The SMILES string of the molecule is CN1CC(Cc2cc3c(c(C(F)(F)F)c2)CN(c2cccc(C4(Cc5nncn5C)CC(F)(F)C4)c2)C3=O)C1.O=CO. The number of halogens is 5. The zero-order chi connectivity index (χ0) is 30.4. The molecule has 1 saturated carbocycles. The molecule has 2 aliphatic heterocycles. The van der Waals surface area contributed by atoms with Crippen LogP contribution in [0.1, 0.15) is 51.3 Å². The van der Waals surface area contributed by atoms with Gasteiger partial charge in [0.05, 0.1) is 12.1 Å². The van der Waals surface area contributed by atoms with Gasteiger partial charge in [0.15, 0.2) is 0 Å². The molecule has 1 aliphatic carbocycles. The van der Waals surface area contributed by atoms with Crippen molar-refractivity contribution >= 4 is 18.1 Å². The molecule has 42 heavy (non-hydrogen) atoms. The van der Waals surface area contributed by atoms with Crippen LogP contribution in [0, 0.1) is 5.92 Å². The van der Waals surface area contributed by atoms with E-state index in [1.165, 1.54) is 17.3 Å². The number of carbonyl (C=O) groups excluding carboxylic acids is 1. The summed E-state index contributed by atoms with van der Waals surface area (Å²) in [5, 5.41) is 14.8. The fourth-order valence-corrected chi connectivity index (χ4v) is 6.48. The van der Waals surface area contributed by atoms with Crippen LogP contribution >= 0.6 is 0 Å². The maximum absolute atomic E-state index is 14.2. The Labute approximate surface area is 238 Å². The van der Waals surface area contributed by atoms with E-state index in [9.17, 15) is 26.7 Å². The number of aryl methyl sites for hydroxylation is 1. The molecule has 2 aromatic carbocycles. The fourth-order valence-electron chi connectivity index (χ4n) is 6.48. The molecular weight excluding hydrogens is 561 g/mol. The highest BCUT2D eigenvalue weighted by atomic mass is 19.4. The lowest BCUT2D eigenvalue weighted by Crippen LogP contribution is -2.51. The number of hydrogen-bond donors (Lipinski definition) is 1. The van der Waals surface area contributed by atoms with Gasteiger partial charge in [0.1, 0.15) is 12.2 Å². The van der Waals surface area contributed by atoms with Crippen molar-refractivity contribution in [1.29, 1.82) is 0 Å². The molecule has 6 rings (SSSR count). The Morgan fingerprint density at radius 1 is 1.12 bits per heavy atom. The highest BCUT2D eigenvalue weighted by Gasteiger charge is 2.57. The number of hydrogen-bond acceptors (Lipinski definition) is 5. The third kappa shape index (κ3) is 5.61. The lowest BCUT2D eigenvalue weighted by Gasteiger charge is -2.48. The van der Waals surface area contributed by atoms with E-state index < -0.39 is 29.0 Å². The van der Waals surface area contributed by atoms with Crippen molar-refractivity contribution in [2.45, 2.75) is 49.7 Å². The predicted molar refractivity (Wildman–Crippen MR) is 142 cm³/mol. The summed E-state index contributed by atoms with van der Waals surface area (Å²) in [6, 6.07) is 9.47. The Morgan fingerprint density at radius 2 is 1.81 bits per heavy atom. The van der Waals surface area contributed by atoms with E-state index in [1.54, 1.807) is 41.9 Å². The van der Waals surface area contributed by atoms with Gasteiger partial charge in [-0.3, -0.25) is 9.59 Å². The van der Waals surface area contributed by atoms with Gasteiger partial charge in [-0.1, -0.05) is 12.1 Å². The quantitative estimate of drug-likeness (QED) is 0.330. The molecule has 13 heteroatoms. The van der Waals surface area contributed by atoms with Crippen molar-refractivity contribution < 1.29 is 36.6 Å². The summed E-state index contributed by atoms with van der Waals surface area (Å²) < 4.78 is 72.4.